The van der Waals surface area contributed by atoms with Crippen molar-refractivity contribution < 1.29 is 8.42 Å². The third kappa shape index (κ3) is 5.70. The van der Waals surface area contributed by atoms with E-state index in [4.69, 9.17) is 11.6 Å². The summed E-state index contributed by atoms with van der Waals surface area (Å²) in [5.41, 5.74) is 0. The van der Waals surface area contributed by atoms with Crippen LogP contribution >= 0.6 is 22.9 Å². The van der Waals surface area contributed by atoms with Crippen LogP contribution in [0.15, 0.2) is 15.7 Å². The molecule has 0 saturated carbocycles. The molecule has 1 aromatic heterocycles. The molecular formula is C17H29ClN2O2S2. The number of halogens is 1. The van der Waals surface area contributed by atoms with Crippen LogP contribution in [0.1, 0.15) is 58.3 Å². The fourth-order valence-electron chi connectivity index (χ4n) is 3.09. The maximum Gasteiger partial charge on any atom is 0.254 e. The Morgan fingerprint density at radius 3 is 2.50 bits per heavy atom. The van der Waals surface area contributed by atoms with E-state index in [-0.39, 0.29) is 4.21 Å². The molecule has 0 radical (unpaired) electrons. The molecule has 0 spiro atoms. The van der Waals surface area contributed by atoms with Gasteiger partial charge in [0.2, 0.25) is 0 Å². The summed E-state index contributed by atoms with van der Waals surface area (Å²) < 4.78 is 27.0. The molecule has 7 heteroatoms. The lowest BCUT2D eigenvalue weighted by Crippen LogP contribution is -2.44. The molecule has 1 aliphatic heterocycles. The Balaban J connectivity index is 1.67. The van der Waals surface area contributed by atoms with Gasteiger partial charge < -0.3 is 5.32 Å². The highest BCUT2D eigenvalue weighted by molar-refractivity contribution is 7.91. The molecule has 1 N–H and O–H groups in total. The highest BCUT2D eigenvalue weighted by Crippen LogP contribution is 2.31. The lowest BCUT2D eigenvalue weighted by atomic mass is 10.1. The lowest BCUT2D eigenvalue weighted by Gasteiger charge is -2.31. The number of sulfonamides is 1. The zero-order chi connectivity index (χ0) is 17.4. The van der Waals surface area contributed by atoms with E-state index in [2.05, 4.69) is 12.2 Å². The molecule has 1 fully saturated rings. The first kappa shape index (κ1) is 20.2. The molecule has 1 aliphatic rings. The molecule has 1 aromatic rings. The molecule has 1 saturated heterocycles. The van der Waals surface area contributed by atoms with Gasteiger partial charge in [0.15, 0.2) is 4.21 Å². The smallest absolute Gasteiger partial charge is 0.254 e. The maximum absolute atomic E-state index is 12.6. The second kappa shape index (κ2) is 10.1. The van der Waals surface area contributed by atoms with Crippen molar-refractivity contribution in [2.45, 2.75) is 68.5 Å². The largest absolute Gasteiger partial charge is 0.314 e. The van der Waals surface area contributed by atoms with Crippen molar-refractivity contribution in [2.75, 3.05) is 19.6 Å². The van der Waals surface area contributed by atoms with Gasteiger partial charge in [0.1, 0.15) is 0 Å². The summed E-state index contributed by atoms with van der Waals surface area (Å²) in [7, 11) is -3.42. The minimum absolute atomic E-state index is 0.280. The SMILES string of the molecule is CCCCCCCCNC1CCN(S(=O)(=O)c2sccc2Cl)CC1. The van der Waals surface area contributed by atoms with Crippen LogP contribution in [0.2, 0.25) is 5.02 Å². The lowest BCUT2D eigenvalue weighted by molar-refractivity contribution is 0.289. The van der Waals surface area contributed by atoms with E-state index in [1.165, 1.54) is 49.9 Å². The van der Waals surface area contributed by atoms with Gasteiger partial charge in [0, 0.05) is 19.1 Å². The molecule has 0 unspecified atom stereocenters. The van der Waals surface area contributed by atoms with Crippen molar-refractivity contribution in [1.82, 2.24) is 9.62 Å². The average molecular weight is 393 g/mol. The van der Waals surface area contributed by atoms with Crippen LogP contribution in [0.4, 0.5) is 0 Å². The van der Waals surface area contributed by atoms with Gasteiger partial charge in [-0.15, -0.1) is 11.3 Å². The minimum atomic E-state index is -3.42. The summed E-state index contributed by atoms with van der Waals surface area (Å²) in [4.78, 5) is 0. The van der Waals surface area contributed by atoms with Gasteiger partial charge in [-0.25, -0.2) is 8.42 Å². The van der Waals surface area contributed by atoms with Crippen molar-refractivity contribution in [3.8, 4) is 0 Å². The second-order valence-electron chi connectivity index (χ2n) is 6.46. The van der Waals surface area contributed by atoms with Crippen LogP contribution in [-0.4, -0.2) is 38.4 Å². The Labute approximate surface area is 155 Å². The number of hydrogen-bond donors (Lipinski definition) is 1. The molecule has 2 heterocycles. The van der Waals surface area contributed by atoms with E-state index in [0.717, 1.165) is 19.4 Å². The summed E-state index contributed by atoms with van der Waals surface area (Å²) >= 11 is 7.19. The fraction of sp³-hybridized carbons (Fsp3) is 0.765. The van der Waals surface area contributed by atoms with Gasteiger partial charge in [0.25, 0.3) is 10.0 Å². The number of nitrogens with one attached hydrogen (secondary N) is 1. The Hall–Kier alpha value is -0.140. The Bertz CT molecular complexity index is 581. The van der Waals surface area contributed by atoms with Gasteiger partial charge >= 0.3 is 0 Å². The quantitative estimate of drug-likeness (QED) is 0.596. The van der Waals surface area contributed by atoms with Crippen molar-refractivity contribution >= 4 is 33.0 Å². The van der Waals surface area contributed by atoms with Crippen LogP contribution < -0.4 is 5.32 Å². The number of rotatable bonds is 10. The van der Waals surface area contributed by atoms with Crippen LogP contribution in [-0.2, 0) is 10.0 Å². The summed E-state index contributed by atoms with van der Waals surface area (Å²) in [6.07, 6.45) is 9.55. The van der Waals surface area contributed by atoms with Crippen molar-refractivity contribution in [3.05, 3.63) is 16.5 Å². The van der Waals surface area contributed by atoms with Gasteiger partial charge in [-0.2, -0.15) is 4.31 Å². The summed E-state index contributed by atoms with van der Waals surface area (Å²) in [5.74, 6) is 0. The molecule has 0 atom stereocenters. The van der Waals surface area contributed by atoms with Crippen LogP contribution in [0.5, 0.6) is 0 Å². The van der Waals surface area contributed by atoms with E-state index in [9.17, 15) is 8.42 Å². The predicted octanol–water partition coefficient (Wildman–Crippen LogP) is 4.50. The van der Waals surface area contributed by atoms with Gasteiger partial charge in [-0.3, -0.25) is 0 Å². The van der Waals surface area contributed by atoms with E-state index in [1.807, 2.05) is 0 Å². The second-order valence-corrected chi connectivity index (χ2v) is 9.91. The molecule has 0 aliphatic carbocycles. The minimum Gasteiger partial charge on any atom is -0.314 e. The third-order valence-electron chi connectivity index (χ3n) is 4.58. The number of piperidine rings is 1. The monoisotopic (exact) mass is 392 g/mol. The summed E-state index contributed by atoms with van der Waals surface area (Å²) in [6, 6.07) is 2.08. The highest BCUT2D eigenvalue weighted by atomic mass is 35.5. The number of nitrogens with zero attached hydrogens (tertiary/aromatic N) is 1. The molecule has 0 bridgehead atoms. The zero-order valence-electron chi connectivity index (χ0n) is 14.5. The number of hydrogen-bond acceptors (Lipinski definition) is 4. The van der Waals surface area contributed by atoms with Gasteiger partial charge in [-0.05, 0) is 37.3 Å². The Kier molecular flexibility index (Phi) is 8.50. The Morgan fingerprint density at radius 2 is 1.88 bits per heavy atom. The van der Waals surface area contributed by atoms with Crippen LogP contribution in [0.25, 0.3) is 0 Å². The standard InChI is InChI=1S/C17H29ClN2O2S2/c1-2-3-4-5-6-7-11-19-15-8-12-20(13-9-15)24(21,22)17-16(18)10-14-23-17/h10,14-15,19H,2-9,11-13H2,1H3. The van der Waals surface area contributed by atoms with E-state index in [0.29, 0.717) is 24.2 Å². The first-order valence-electron chi connectivity index (χ1n) is 9.02. The first-order chi connectivity index (χ1) is 11.6. The summed E-state index contributed by atoms with van der Waals surface area (Å²) in [6.45, 7) is 4.43. The fourth-order valence-corrected chi connectivity index (χ4v) is 6.37. The first-order valence-corrected chi connectivity index (χ1v) is 11.7. The molecule has 24 heavy (non-hydrogen) atoms. The van der Waals surface area contributed by atoms with Crippen molar-refractivity contribution in [3.63, 3.8) is 0 Å². The van der Waals surface area contributed by atoms with E-state index < -0.39 is 10.0 Å². The van der Waals surface area contributed by atoms with Crippen LogP contribution in [0.3, 0.4) is 0 Å². The highest BCUT2D eigenvalue weighted by Gasteiger charge is 2.31. The zero-order valence-corrected chi connectivity index (χ0v) is 16.9. The topological polar surface area (TPSA) is 49.4 Å². The maximum atomic E-state index is 12.6. The molecule has 138 valence electrons. The van der Waals surface area contributed by atoms with Crippen molar-refractivity contribution in [1.29, 1.82) is 0 Å². The van der Waals surface area contributed by atoms with Crippen LogP contribution in [0, 0.1) is 0 Å². The molecule has 4 nitrogen and oxygen atoms in total. The molecule has 2 rings (SSSR count). The average Bonchev–Trinajstić information content (AvgIpc) is 3.01. The molecule has 0 amide bonds. The van der Waals surface area contributed by atoms with E-state index in [1.54, 1.807) is 15.8 Å². The summed E-state index contributed by atoms with van der Waals surface area (Å²) in [5, 5.41) is 5.65. The van der Waals surface area contributed by atoms with Gasteiger partial charge in [-0.1, -0.05) is 50.6 Å². The number of unbranched alkanes of at least 4 members (excludes halogenated alkanes) is 5. The van der Waals surface area contributed by atoms with Gasteiger partial charge in [0.05, 0.1) is 5.02 Å². The molecule has 0 aromatic carbocycles. The normalized spacial score (nSPS) is 17.4. The third-order valence-corrected chi connectivity index (χ3v) is 8.48. The number of thiophene rings is 1. The van der Waals surface area contributed by atoms with E-state index >= 15 is 0 Å². The molecular weight excluding hydrogens is 364 g/mol. The Morgan fingerprint density at radius 1 is 1.21 bits per heavy atom. The predicted molar refractivity (Wildman–Crippen MR) is 102 cm³/mol. The van der Waals surface area contributed by atoms with Crippen molar-refractivity contribution in [2.24, 2.45) is 0 Å².